The number of ether oxygens (including phenoxy) is 1. The lowest BCUT2D eigenvalue weighted by atomic mass is 9.94. The number of nitrogens with one attached hydrogen (secondary N) is 1. The molecule has 3 saturated heterocycles. The van der Waals surface area contributed by atoms with Gasteiger partial charge in [-0.25, -0.2) is 0 Å². The summed E-state index contributed by atoms with van der Waals surface area (Å²) in [4.78, 5) is 15.2. The summed E-state index contributed by atoms with van der Waals surface area (Å²) in [5, 5.41) is 5.33. The van der Waals surface area contributed by atoms with Crippen molar-refractivity contribution in [3.63, 3.8) is 0 Å². The first kappa shape index (κ1) is 15.5. The number of benzene rings is 2. The number of hydrogen-bond donors (Lipinski definition) is 1. The number of fused-ring (bicyclic) bond motifs is 5. The summed E-state index contributed by atoms with van der Waals surface area (Å²) in [5.74, 6) is 1.60. The molecule has 2 aromatic rings. The number of carbonyl (C=O) groups excluding carboxylic acids is 1. The van der Waals surface area contributed by atoms with Crippen molar-refractivity contribution in [3.8, 4) is 5.75 Å². The highest BCUT2D eigenvalue weighted by Gasteiger charge is 2.29. The molecule has 3 heterocycles. The van der Waals surface area contributed by atoms with Crippen molar-refractivity contribution in [2.75, 3.05) is 26.7 Å². The Bertz CT molecular complexity index is 736. The molecule has 1 unspecified atom stereocenters. The normalized spacial score (nSPS) is 26.1. The van der Waals surface area contributed by atoms with E-state index in [9.17, 15) is 4.79 Å². The second kappa shape index (κ2) is 6.44. The van der Waals surface area contributed by atoms with Gasteiger partial charge in [0, 0.05) is 23.5 Å². The molecule has 5 rings (SSSR count). The van der Waals surface area contributed by atoms with Crippen LogP contribution in [0, 0.1) is 5.92 Å². The molecule has 2 bridgehead atoms. The van der Waals surface area contributed by atoms with Gasteiger partial charge in [0.25, 0.3) is 5.91 Å². The summed E-state index contributed by atoms with van der Waals surface area (Å²) >= 11 is 0. The average molecular weight is 324 g/mol. The van der Waals surface area contributed by atoms with Gasteiger partial charge in [0.1, 0.15) is 5.75 Å². The van der Waals surface area contributed by atoms with Gasteiger partial charge in [-0.15, -0.1) is 0 Å². The van der Waals surface area contributed by atoms with E-state index in [2.05, 4.69) is 10.2 Å². The summed E-state index contributed by atoms with van der Waals surface area (Å²) in [7, 11) is 1.66. The van der Waals surface area contributed by atoms with E-state index in [0.717, 1.165) is 35.4 Å². The fourth-order valence-corrected chi connectivity index (χ4v) is 4.13. The fourth-order valence-electron chi connectivity index (χ4n) is 4.13. The monoisotopic (exact) mass is 324 g/mol. The van der Waals surface area contributed by atoms with Crippen LogP contribution >= 0.6 is 0 Å². The van der Waals surface area contributed by atoms with Crippen molar-refractivity contribution < 1.29 is 9.53 Å². The number of piperidine rings is 1. The summed E-state index contributed by atoms with van der Waals surface area (Å²) < 4.78 is 5.43. The molecule has 1 atom stereocenters. The second-order valence-corrected chi connectivity index (χ2v) is 7.05. The smallest absolute Gasteiger partial charge is 0.251 e. The van der Waals surface area contributed by atoms with Crippen molar-refractivity contribution in [1.29, 1.82) is 0 Å². The fraction of sp³-hybridized carbons (Fsp3) is 0.450. The SMILES string of the molecule is COc1cccc2ccc(C(=O)NC3CC4CCN(CC4)C3)cc12. The van der Waals surface area contributed by atoms with Gasteiger partial charge in [0.15, 0.2) is 0 Å². The molecule has 1 amide bonds. The van der Waals surface area contributed by atoms with Crippen molar-refractivity contribution in [3.05, 3.63) is 42.0 Å². The lowest BCUT2D eigenvalue weighted by Gasteiger charge is -2.26. The van der Waals surface area contributed by atoms with Crippen LogP contribution in [0.2, 0.25) is 0 Å². The Morgan fingerprint density at radius 2 is 2.04 bits per heavy atom. The molecule has 2 aromatic carbocycles. The Kier molecular flexibility index (Phi) is 4.15. The summed E-state index contributed by atoms with van der Waals surface area (Å²) in [5.41, 5.74) is 0.707. The molecule has 0 radical (unpaired) electrons. The van der Waals surface area contributed by atoms with E-state index >= 15 is 0 Å². The summed E-state index contributed by atoms with van der Waals surface area (Å²) in [6, 6.07) is 12.0. The highest BCUT2D eigenvalue weighted by molar-refractivity contribution is 6.00. The molecule has 4 nitrogen and oxygen atoms in total. The van der Waals surface area contributed by atoms with Crippen LogP contribution < -0.4 is 10.1 Å². The molecule has 0 aliphatic carbocycles. The largest absolute Gasteiger partial charge is 0.496 e. The van der Waals surface area contributed by atoms with E-state index in [0.29, 0.717) is 5.56 Å². The van der Waals surface area contributed by atoms with Gasteiger partial charge in [-0.1, -0.05) is 18.2 Å². The average Bonchev–Trinajstić information content (AvgIpc) is 2.93. The van der Waals surface area contributed by atoms with Crippen LogP contribution in [-0.2, 0) is 0 Å². The zero-order valence-corrected chi connectivity index (χ0v) is 14.1. The molecular formula is C20H24N2O2. The topological polar surface area (TPSA) is 41.6 Å². The number of hydrogen-bond acceptors (Lipinski definition) is 3. The highest BCUT2D eigenvalue weighted by atomic mass is 16.5. The Balaban J connectivity index is 1.55. The van der Waals surface area contributed by atoms with Gasteiger partial charge in [0.05, 0.1) is 7.11 Å². The van der Waals surface area contributed by atoms with Crippen molar-refractivity contribution in [1.82, 2.24) is 10.2 Å². The molecule has 24 heavy (non-hydrogen) atoms. The molecule has 1 N–H and O–H groups in total. The van der Waals surface area contributed by atoms with E-state index < -0.39 is 0 Å². The van der Waals surface area contributed by atoms with Crippen LogP contribution in [0.5, 0.6) is 5.75 Å². The predicted molar refractivity (Wildman–Crippen MR) is 95.5 cm³/mol. The van der Waals surface area contributed by atoms with E-state index in [1.807, 2.05) is 36.4 Å². The van der Waals surface area contributed by atoms with Gasteiger partial charge in [-0.2, -0.15) is 0 Å². The van der Waals surface area contributed by atoms with Crippen LogP contribution in [0.4, 0.5) is 0 Å². The van der Waals surface area contributed by atoms with Gasteiger partial charge in [-0.3, -0.25) is 4.79 Å². The summed E-state index contributed by atoms with van der Waals surface area (Å²) in [6.45, 7) is 3.35. The van der Waals surface area contributed by atoms with Crippen LogP contribution in [-0.4, -0.2) is 43.6 Å². The number of nitrogens with zero attached hydrogens (tertiary/aromatic N) is 1. The van der Waals surface area contributed by atoms with E-state index in [4.69, 9.17) is 4.74 Å². The van der Waals surface area contributed by atoms with E-state index in [-0.39, 0.29) is 11.9 Å². The first-order valence-corrected chi connectivity index (χ1v) is 8.83. The minimum absolute atomic E-state index is 0.0234. The first-order chi connectivity index (χ1) is 11.7. The molecule has 3 aliphatic rings. The molecule has 0 saturated carbocycles. The van der Waals surface area contributed by atoms with E-state index in [1.54, 1.807) is 7.11 Å². The molecule has 126 valence electrons. The highest BCUT2D eigenvalue weighted by Crippen LogP contribution is 2.28. The molecular weight excluding hydrogens is 300 g/mol. The van der Waals surface area contributed by atoms with Crippen molar-refractivity contribution in [2.45, 2.75) is 25.3 Å². The minimum Gasteiger partial charge on any atom is -0.496 e. The third-order valence-corrected chi connectivity index (χ3v) is 5.46. The molecule has 3 aliphatic heterocycles. The van der Waals surface area contributed by atoms with E-state index in [1.165, 1.54) is 25.9 Å². The van der Waals surface area contributed by atoms with Crippen molar-refractivity contribution in [2.24, 2.45) is 5.92 Å². The number of methoxy groups -OCH3 is 1. The second-order valence-electron chi connectivity index (χ2n) is 7.05. The quantitative estimate of drug-likeness (QED) is 0.943. The zero-order valence-electron chi connectivity index (χ0n) is 14.1. The Morgan fingerprint density at radius 3 is 2.83 bits per heavy atom. The molecule has 0 aromatic heterocycles. The minimum atomic E-state index is 0.0234. The third-order valence-electron chi connectivity index (χ3n) is 5.46. The molecule has 3 fully saturated rings. The van der Waals surface area contributed by atoms with Gasteiger partial charge in [-0.05, 0) is 61.9 Å². The maximum atomic E-state index is 12.7. The van der Waals surface area contributed by atoms with Gasteiger partial charge in [0.2, 0.25) is 0 Å². The molecule has 4 heteroatoms. The Labute approximate surface area is 142 Å². The maximum absolute atomic E-state index is 12.7. The first-order valence-electron chi connectivity index (χ1n) is 8.83. The number of amides is 1. The third kappa shape index (κ3) is 2.98. The Hall–Kier alpha value is -2.07. The molecule has 0 spiro atoms. The van der Waals surface area contributed by atoms with Gasteiger partial charge >= 0.3 is 0 Å². The number of carbonyl (C=O) groups is 1. The van der Waals surface area contributed by atoms with Crippen molar-refractivity contribution >= 4 is 16.7 Å². The van der Waals surface area contributed by atoms with Crippen LogP contribution in [0.3, 0.4) is 0 Å². The Morgan fingerprint density at radius 1 is 1.21 bits per heavy atom. The van der Waals surface area contributed by atoms with Crippen LogP contribution in [0.15, 0.2) is 36.4 Å². The lowest BCUT2D eigenvalue weighted by molar-refractivity contribution is 0.0929. The number of rotatable bonds is 3. The lowest BCUT2D eigenvalue weighted by Crippen LogP contribution is -2.41. The summed E-state index contributed by atoms with van der Waals surface area (Å²) in [6.07, 6.45) is 3.66. The van der Waals surface area contributed by atoms with Crippen LogP contribution in [0.1, 0.15) is 29.6 Å². The zero-order chi connectivity index (χ0) is 16.5. The van der Waals surface area contributed by atoms with Crippen LogP contribution in [0.25, 0.3) is 10.8 Å². The predicted octanol–water partition coefficient (Wildman–Crippen LogP) is 3.06. The maximum Gasteiger partial charge on any atom is 0.251 e. The standard InChI is InChI=1S/C20H24N2O2/c1-24-19-4-2-3-15-5-6-16(12-18(15)19)20(23)21-17-11-14-7-9-22(13-17)10-8-14/h2-6,12,14,17H,7-11,13H2,1H3,(H,21,23). The van der Waals surface area contributed by atoms with Gasteiger partial charge < -0.3 is 15.0 Å².